The van der Waals surface area contributed by atoms with Crippen LogP contribution in [0.5, 0.6) is 0 Å². The summed E-state index contributed by atoms with van der Waals surface area (Å²) >= 11 is 3.59. The summed E-state index contributed by atoms with van der Waals surface area (Å²) in [6.45, 7) is 6.71. The van der Waals surface area contributed by atoms with E-state index in [0.717, 1.165) is 4.47 Å². The number of rotatable bonds is 1. The summed E-state index contributed by atoms with van der Waals surface area (Å²) in [6.07, 6.45) is 0. The van der Waals surface area contributed by atoms with Gasteiger partial charge in [-0.2, -0.15) is 0 Å². The zero-order valence-electron chi connectivity index (χ0n) is 10.5. The van der Waals surface area contributed by atoms with Gasteiger partial charge in [-0.3, -0.25) is 0 Å². The highest BCUT2D eigenvalue weighted by Gasteiger charge is 2.13. The van der Waals surface area contributed by atoms with Crippen LogP contribution in [-0.2, 0) is 5.41 Å². The van der Waals surface area contributed by atoms with Gasteiger partial charge in [0.2, 0.25) is 0 Å². The molecule has 0 saturated carbocycles. The molecule has 2 aromatic carbocycles. The van der Waals surface area contributed by atoms with Gasteiger partial charge in [-0.15, -0.1) is 0 Å². The van der Waals surface area contributed by atoms with Gasteiger partial charge in [0.05, 0.1) is 0 Å². The number of hydrogen-bond donors (Lipinski definition) is 0. The maximum Gasteiger partial charge on any atom is 0.0253 e. The molecule has 0 fully saturated rings. The Labute approximate surface area is 112 Å². The van der Waals surface area contributed by atoms with Crippen molar-refractivity contribution in [2.24, 2.45) is 0 Å². The quantitative estimate of drug-likeness (QED) is 0.658. The molecule has 0 aromatic heterocycles. The van der Waals surface area contributed by atoms with E-state index in [1.54, 1.807) is 0 Å². The summed E-state index contributed by atoms with van der Waals surface area (Å²) in [5.41, 5.74) is 4.08. The van der Waals surface area contributed by atoms with E-state index in [4.69, 9.17) is 0 Å². The SMILES string of the molecule is CC(C)(C)c1ccc(-c2ccccc2Br)cc1. The van der Waals surface area contributed by atoms with Crippen molar-refractivity contribution < 1.29 is 0 Å². The molecule has 0 bridgehead atoms. The van der Waals surface area contributed by atoms with Crippen LogP contribution in [0.2, 0.25) is 0 Å². The average Bonchev–Trinajstić information content (AvgIpc) is 2.29. The molecule has 0 radical (unpaired) electrons. The highest BCUT2D eigenvalue weighted by molar-refractivity contribution is 9.10. The van der Waals surface area contributed by atoms with Crippen LogP contribution in [-0.4, -0.2) is 0 Å². The Balaban J connectivity index is 2.40. The predicted molar refractivity (Wildman–Crippen MR) is 78.3 cm³/mol. The van der Waals surface area contributed by atoms with Gasteiger partial charge in [0, 0.05) is 4.47 Å². The molecule has 0 amide bonds. The van der Waals surface area contributed by atoms with Crippen LogP contribution in [0.1, 0.15) is 26.3 Å². The first-order valence-corrected chi connectivity index (χ1v) is 6.63. The van der Waals surface area contributed by atoms with Gasteiger partial charge in [-0.1, -0.05) is 79.2 Å². The molecule has 0 aliphatic heterocycles. The first-order chi connectivity index (χ1) is 7.98. The van der Waals surface area contributed by atoms with Gasteiger partial charge in [0.1, 0.15) is 0 Å². The maximum absolute atomic E-state index is 3.59. The Hall–Kier alpha value is -1.08. The van der Waals surface area contributed by atoms with Crippen LogP contribution in [0, 0.1) is 0 Å². The molecule has 88 valence electrons. The third-order valence-electron chi connectivity index (χ3n) is 2.94. The van der Waals surface area contributed by atoms with Gasteiger partial charge < -0.3 is 0 Å². The molecule has 17 heavy (non-hydrogen) atoms. The van der Waals surface area contributed by atoms with E-state index in [1.165, 1.54) is 16.7 Å². The third-order valence-corrected chi connectivity index (χ3v) is 3.63. The summed E-state index contributed by atoms with van der Waals surface area (Å²) in [5, 5.41) is 0. The lowest BCUT2D eigenvalue weighted by Crippen LogP contribution is -2.10. The molecule has 0 saturated heterocycles. The van der Waals surface area contributed by atoms with Crippen LogP contribution >= 0.6 is 15.9 Å². The van der Waals surface area contributed by atoms with Crippen molar-refractivity contribution >= 4 is 15.9 Å². The third kappa shape index (κ3) is 2.78. The minimum Gasteiger partial charge on any atom is -0.0616 e. The van der Waals surface area contributed by atoms with Crippen molar-refractivity contribution in [3.8, 4) is 11.1 Å². The lowest BCUT2D eigenvalue weighted by Gasteiger charge is -2.19. The van der Waals surface area contributed by atoms with Crippen LogP contribution in [0.3, 0.4) is 0 Å². The minimum absolute atomic E-state index is 0.215. The molecule has 0 heterocycles. The highest BCUT2D eigenvalue weighted by atomic mass is 79.9. The molecular weight excluding hydrogens is 272 g/mol. The minimum atomic E-state index is 0.215. The lowest BCUT2D eigenvalue weighted by atomic mass is 9.86. The van der Waals surface area contributed by atoms with Crippen LogP contribution in [0.25, 0.3) is 11.1 Å². The van der Waals surface area contributed by atoms with Gasteiger partial charge in [0.15, 0.2) is 0 Å². The van der Waals surface area contributed by atoms with Crippen molar-refractivity contribution in [2.75, 3.05) is 0 Å². The van der Waals surface area contributed by atoms with E-state index >= 15 is 0 Å². The van der Waals surface area contributed by atoms with Crippen LogP contribution in [0.4, 0.5) is 0 Å². The molecule has 1 heteroatoms. The Morgan fingerprint density at radius 3 is 1.94 bits per heavy atom. The van der Waals surface area contributed by atoms with Crippen molar-refractivity contribution in [1.29, 1.82) is 0 Å². The Bertz CT molecular complexity index is 504. The van der Waals surface area contributed by atoms with Gasteiger partial charge in [-0.25, -0.2) is 0 Å². The summed E-state index contributed by atoms with van der Waals surface area (Å²) in [6, 6.07) is 17.1. The second-order valence-corrected chi connectivity index (χ2v) is 6.16. The predicted octanol–water partition coefficient (Wildman–Crippen LogP) is 5.41. The smallest absolute Gasteiger partial charge is 0.0253 e. The highest BCUT2D eigenvalue weighted by Crippen LogP contribution is 2.30. The van der Waals surface area contributed by atoms with Crippen molar-refractivity contribution in [1.82, 2.24) is 0 Å². The first kappa shape index (κ1) is 12.4. The molecule has 0 aliphatic carbocycles. The summed E-state index contributed by atoms with van der Waals surface area (Å²) in [4.78, 5) is 0. The molecule has 2 aromatic rings. The van der Waals surface area contributed by atoms with Crippen molar-refractivity contribution in [2.45, 2.75) is 26.2 Å². The number of halogens is 1. The topological polar surface area (TPSA) is 0 Å². The molecule has 0 spiro atoms. The first-order valence-electron chi connectivity index (χ1n) is 5.84. The van der Waals surface area contributed by atoms with E-state index in [9.17, 15) is 0 Å². The number of benzene rings is 2. The van der Waals surface area contributed by atoms with Crippen LogP contribution in [0.15, 0.2) is 53.0 Å². The fourth-order valence-electron chi connectivity index (χ4n) is 1.85. The van der Waals surface area contributed by atoms with E-state index in [0.29, 0.717) is 0 Å². The van der Waals surface area contributed by atoms with E-state index in [-0.39, 0.29) is 5.41 Å². The maximum atomic E-state index is 3.59. The Kier molecular flexibility index (Phi) is 3.39. The molecule has 0 unspecified atom stereocenters. The van der Waals surface area contributed by atoms with E-state index < -0.39 is 0 Å². The van der Waals surface area contributed by atoms with Crippen LogP contribution < -0.4 is 0 Å². The zero-order valence-corrected chi connectivity index (χ0v) is 12.1. The average molecular weight is 289 g/mol. The normalized spacial score (nSPS) is 11.5. The largest absolute Gasteiger partial charge is 0.0616 e. The molecule has 0 aliphatic rings. The lowest BCUT2D eigenvalue weighted by molar-refractivity contribution is 0.590. The van der Waals surface area contributed by atoms with Crippen molar-refractivity contribution in [3.05, 3.63) is 58.6 Å². The summed E-state index contributed by atoms with van der Waals surface area (Å²) < 4.78 is 1.14. The Morgan fingerprint density at radius 1 is 0.824 bits per heavy atom. The molecule has 2 rings (SSSR count). The molecule has 0 N–H and O–H groups in total. The van der Waals surface area contributed by atoms with Gasteiger partial charge in [0.25, 0.3) is 0 Å². The monoisotopic (exact) mass is 288 g/mol. The molecule has 0 atom stereocenters. The van der Waals surface area contributed by atoms with Gasteiger partial charge in [-0.05, 0) is 28.2 Å². The standard InChI is InChI=1S/C16H17Br/c1-16(2,3)13-10-8-12(9-11-13)14-6-4-5-7-15(14)17/h4-11H,1-3H3. The van der Waals surface area contributed by atoms with E-state index in [1.807, 2.05) is 6.07 Å². The molecular formula is C16H17Br. The second-order valence-electron chi connectivity index (χ2n) is 5.31. The van der Waals surface area contributed by atoms with Crippen molar-refractivity contribution in [3.63, 3.8) is 0 Å². The van der Waals surface area contributed by atoms with Gasteiger partial charge >= 0.3 is 0 Å². The van der Waals surface area contributed by atoms with E-state index in [2.05, 4.69) is 79.2 Å². The zero-order chi connectivity index (χ0) is 12.5. The number of hydrogen-bond acceptors (Lipinski definition) is 0. The Morgan fingerprint density at radius 2 is 1.41 bits per heavy atom. The fourth-order valence-corrected chi connectivity index (χ4v) is 2.36. The summed E-state index contributed by atoms with van der Waals surface area (Å²) in [7, 11) is 0. The second kappa shape index (κ2) is 4.66. The molecule has 0 nitrogen and oxygen atoms in total. The fraction of sp³-hybridized carbons (Fsp3) is 0.250. The summed E-state index contributed by atoms with van der Waals surface area (Å²) in [5.74, 6) is 0.